The second-order valence-corrected chi connectivity index (χ2v) is 4.99. The minimum absolute atomic E-state index is 0.219. The molecule has 4 heteroatoms. The summed E-state index contributed by atoms with van der Waals surface area (Å²) in [6, 6.07) is 5.36. The summed E-state index contributed by atoms with van der Waals surface area (Å²) in [4.78, 5) is 15.7. The number of pyridine rings is 1. The zero-order chi connectivity index (χ0) is 12.9. The van der Waals surface area contributed by atoms with Crippen molar-refractivity contribution in [3.05, 3.63) is 30.1 Å². The molecule has 1 rings (SSSR count). The molecule has 1 aromatic heterocycles. The van der Waals surface area contributed by atoms with Crippen molar-refractivity contribution in [2.24, 2.45) is 5.73 Å². The van der Waals surface area contributed by atoms with Crippen molar-refractivity contribution in [2.75, 3.05) is 0 Å². The van der Waals surface area contributed by atoms with Gasteiger partial charge in [0.1, 0.15) is 5.60 Å². The quantitative estimate of drug-likeness (QED) is 0.814. The van der Waals surface area contributed by atoms with Crippen LogP contribution in [0.4, 0.5) is 0 Å². The van der Waals surface area contributed by atoms with E-state index in [0.717, 1.165) is 5.69 Å². The molecule has 1 unspecified atom stereocenters. The Morgan fingerprint density at radius 1 is 1.47 bits per heavy atom. The summed E-state index contributed by atoms with van der Waals surface area (Å²) in [6.07, 6.45) is 2.56. The first-order valence-electron chi connectivity index (χ1n) is 5.77. The summed E-state index contributed by atoms with van der Waals surface area (Å²) >= 11 is 0. The largest absolute Gasteiger partial charge is 0.460 e. The van der Waals surface area contributed by atoms with Crippen molar-refractivity contribution in [2.45, 2.75) is 45.3 Å². The van der Waals surface area contributed by atoms with Crippen LogP contribution in [0.15, 0.2) is 24.4 Å². The van der Waals surface area contributed by atoms with Gasteiger partial charge in [-0.25, -0.2) is 0 Å². The molecule has 0 bridgehead atoms. The molecule has 4 nitrogen and oxygen atoms in total. The number of hydrogen-bond acceptors (Lipinski definition) is 4. The normalized spacial score (nSPS) is 13.2. The topological polar surface area (TPSA) is 65.2 Å². The first-order chi connectivity index (χ1) is 7.88. The van der Waals surface area contributed by atoms with E-state index in [1.807, 2.05) is 39.0 Å². The standard InChI is InChI=1S/C13H20N2O2/c1-13(2,3)17-12(16)8-7-10(14)11-6-4-5-9-15-11/h4-6,9-10H,7-8,14H2,1-3H3. The van der Waals surface area contributed by atoms with Crippen LogP contribution in [0.2, 0.25) is 0 Å². The van der Waals surface area contributed by atoms with Crippen LogP contribution in [0.5, 0.6) is 0 Å². The lowest BCUT2D eigenvalue weighted by atomic mass is 10.1. The summed E-state index contributed by atoms with van der Waals surface area (Å²) in [5.41, 5.74) is 6.30. The zero-order valence-corrected chi connectivity index (χ0v) is 10.6. The number of nitrogens with zero attached hydrogens (tertiary/aromatic N) is 1. The maximum Gasteiger partial charge on any atom is 0.306 e. The molecule has 0 saturated carbocycles. The third-order valence-corrected chi connectivity index (χ3v) is 2.15. The summed E-state index contributed by atoms with van der Waals surface area (Å²) in [6.45, 7) is 5.55. The van der Waals surface area contributed by atoms with Gasteiger partial charge >= 0.3 is 5.97 Å². The molecular formula is C13H20N2O2. The Morgan fingerprint density at radius 2 is 2.18 bits per heavy atom. The Morgan fingerprint density at radius 3 is 2.71 bits per heavy atom. The van der Waals surface area contributed by atoms with Gasteiger partial charge in [-0.2, -0.15) is 0 Å². The van der Waals surface area contributed by atoms with Gasteiger partial charge in [0.15, 0.2) is 0 Å². The third kappa shape index (κ3) is 5.45. The van der Waals surface area contributed by atoms with E-state index in [1.165, 1.54) is 0 Å². The van der Waals surface area contributed by atoms with Gasteiger partial charge in [0.2, 0.25) is 0 Å². The third-order valence-electron chi connectivity index (χ3n) is 2.15. The Hall–Kier alpha value is -1.42. The number of carbonyl (C=O) groups excluding carboxylic acids is 1. The lowest BCUT2D eigenvalue weighted by Gasteiger charge is -2.20. The average Bonchev–Trinajstić information content (AvgIpc) is 2.25. The Bertz CT molecular complexity index is 357. The van der Waals surface area contributed by atoms with E-state index >= 15 is 0 Å². The van der Waals surface area contributed by atoms with E-state index in [-0.39, 0.29) is 12.0 Å². The van der Waals surface area contributed by atoms with Gasteiger partial charge in [-0.05, 0) is 39.3 Å². The number of carbonyl (C=O) groups is 1. The molecule has 0 aliphatic rings. The zero-order valence-electron chi connectivity index (χ0n) is 10.6. The summed E-state index contributed by atoms with van der Waals surface area (Å²) in [5.74, 6) is -0.219. The number of hydrogen-bond donors (Lipinski definition) is 1. The van der Waals surface area contributed by atoms with Crippen LogP contribution < -0.4 is 5.73 Å². The van der Waals surface area contributed by atoms with E-state index < -0.39 is 5.60 Å². The molecule has 0 amide bonds. The monoisotopic (exact) mass is 236 g/mol. The minimum Gasteiger partial charge on any atom is -0.460 e. The average molecular weight is 236 g/mol. The molecule has 0 radical (unpaired) electrons. The highest BCUT2D eigenvalue weighted by Gasteiger charge is 2.17. The number of nitrogens with two attached hydrogens (primary N) is 1. The van der Waals surface area contributed by atoms with Crippen LogP contribution >= 0.6 is 0 Å². The molecular weight excluding hydrogens is 216 g/mol. The lowest BCUT2D eigenvalue weighted by molar-refractivity contribution is -0.155. The Labute approximate surface area is 102 Å². The highest BCUT2D eigenvalue weighted by Crippen LogP contribution is 2.15. The van der Waals surface area contributed by atoms with E-state index in [1.54, 1.807) is 6.20 Å². The first-order valence-corrected chi connectivity index (χ1v) is 5.77. The Kier molecular flexibility index (Phi) is 4.63. The smallest absolute Gasteiger partial charge is 0.306 e. The minimum atomic E-state index is -0.438. The molecule has 0 aromatic carbocycles. The van der Waals surface area contributed by atoms with E-state index in [2.05, 4.69) is 4.98 Å². The van der Waals surface area contributed by atoms with Crippen molar-refractivity contribution in [3.8, 4) is 0 Å². The van der Waals surface area contributed by atoms with Gasteiger partial charge in [-0.1, -0.05) is 6.07 Å². The fourth-order valence-corrected chi connectivity index (χ4v) is 1.41. The van der Waals surface area contributed by atoms with E-state index in [4.69, 9.17) is 10.5 Å². The van der Waals surface area contributed by atoms with Gasteiger partial charge in [-0.15, -0.1) is 0 Å². The molecule has 94 valence electrons. The lowest BCUT2D eigenvalue weighted by Crippen LogP contribution is -2.24. The number of rotatable bonds is 4. The SMILES string of the molecule is CC(C)(C)OC(=O)CCC(N)c1ccccn1. The van der Waals surface area contributed by atoms with Crippen LogP contribution in [0.25, 0.3) is 0 Å². The fraction of sp³-hybridized carbons (Fsp3) is 0.538. The molecule has 17 heavy (non-hydrogen) atoms. The van der Waals surface area contributed by atoms with Crippen LogP contribution in [-0.2, 0) is 9.53 Å². The molecule has 2 N–H and O–H groups in total. The second-order valence-electron chi connectivity index (χ2n) is 4.99. The van der Waals surface area contributed by atoms with Crippen molar-refractivity contribution >= 4 is 5.97 Å². The van der Waals surface area contributed by atoms with Crippen molar-refractivity contribution in [3.63, 3.8) is 0 Å². The highest BCUT2D eigenvalue weighted by atomic mass is 16.6. The fourth-order valence-electron chi connectivity index (χ4n) is 1.41. The first kappa shape index (κ1) is 13.6. The maximum atomic E-state index is 11.5. The van der Waals surface area contributed by atoms with Crippen LogP contribution in [0.1, 0.15) is 45.3 Å². The summed E-state index contributed by atoms with van der Waals surface area (Å²) in [7, 11) is 0. The van der Waals surface area contributed by atoms with Crippen LogP contribution in [-0.4, -0.2) is 16.6 Å². The maximum absolute atomic E-state index is 11.5. The molecule has 0 saturated heterocycles. The van der Waals surface area contributed by atoms with Crippen LogP contribution in [0, 0.1) is 0 Å². The molecule has 1 aromatic rings. The number of ether oxygens (including phenoxy) is 1. The molecule has 0 aliphatic heterocycles. The molecule has 1 heterocycles. The molecule has 0 spiro atoms. The van der Waals surface area contributed by atoms with Gasteiger partial charge in [-0.3, -0.25) is 9.78 Å². The summed E-state index contributed by atoms with van der Waals surface area (Å²) in [5, 5.41) is 0. The van der Waals surface area contributed by atoms with E-state index in [9.17, 15) is 4.79 Å². The predicted molar refractivity (Wildman–Crippen MR) is 66.2 cm³/mol. The van der Waals surface area contributed by atoms with Crippen molar-refractivity contribution < 1.29 is 9.53 Å². The second kappa shape index (κ2) is 5.77. The van der Waals surface area contributed by atoms with Gasteiger partial charge < -0.3 is 10.5 Å². The highest BCUT2D eigenvalue weighted by molar-refractivity contribution is 5.69. The molecule has 0 fully saturated rings. The van der Waals surface area contributed by atoms with Gasteiger partial charge in [0.05, 0.1) is 5.69 Å². The van der Waals surface area contributed by atoms with Crippen LogP contribution in [0.3, 0.4) is 0 Å². The molecule has 1 atom stereocenters. The Balaban J connectivity index is 2.39. The predicted octanol–water partition coefficient (Wildman–Crippen LogP) is 2.20. The van der Waals surface area contributed by atoms with E-state index in [0.29, 0.717) is 12.8 Å². The van der Waals surface area contributed by atoms with Crippen molar-refractivity contribution in [1.82, 2.24) is 4.98 Å². The molecule has 0 aliphatic carbocycles. The number of aromatic nitrogens is 1. The number of esters is 1. The summed E-state index contributed by atoms with van der Waals surface area (Å²) < 4.78 is 5.21. The van der Waals surface area contributed by atoms with Gasteiger partial charge in [0, 0.05) is 18.7 Å². The van der Waals surface area contributed by atoms with Crippen molar-refractivity contribution in [1.29, 1.82) is 0 Å². The van der Waals surface area contributed by atoms with Gasteiger partial charge in [0.25, 0.3) is 0 Å².